The largest absolute Gasteiger partial charge is 0.359 e. The third kappa shape index (κ3) is 5.57. The van der Waals surface area contributed by atoms with Crippen LogP contribution in [0.25, 0.3) is 71.4 Å². The van der Waals surface area contributed by atoms with Crippen LogP contribution in [0.3, 0.4) is 0 Å². The van der Waals surface area contributed by atoms with Crippen LogP contribution in [0, 0.1) is 0 Å². The molecule has 0 fully saturated rings. The molecule has 54 heavy (non-hydrogen) atoms. The zero-order chi connectivity index (χ0) is 35.8. The predicted molar refractivity (Wildman–Crippen MR) is 229 cm³/mol. The summed E-state index contributed by atoms with van der Waals surface area (Å²) >= 11 is 0. The minimum Gasteiger partial charge on any atom is -0.359 e. The van der Waals surface area contributed by atoms with Gasteiger partial charge < -0.3 is 5.32 Å². The van der Waals surface area contributed by atoms with E-state index in [9.17, 15) is 0 Å². The highest BCUT2D eigenvalue weighted by atomic mass is 15.0. The molecule has 0 aliphatic carbocycles. The van der Waals surface area contributed by atoms with Crippen LogP contribution < -0.4 is 5.32 Å². The first-order valence-corrected chi connectivity index (χ1v) is 18.6. The van der Waals surface area contributed by atoms with Crippen molar-refractivity contribution < 1.29 is 0 Å². The summed E-state index contributed by atoms with van der Waals surface area (Å²) in [5.41, 5.74) is 11.5. The number of aliphatic imine (C=N–C) groups is 1. The molecule has 0 spiro atoms. The van der Waals surface area contributed by atoms with Crippen LogP contribution >= 0.6 is 0 Å². The maximum atomic E-state index is 5.56. The molecule has 0 amide bonds. The third-order valence-electron chi connectivity index (χ3n) is 10.7. The van der Waals surface area contributed by atoms with E-state index in [1.54, 1.807) is 0 Å². The molecular weight excluding hydrogens is 653 g/mol. The monoisotopic (exact) mass is 688 g/mol. The van der Waals surface area contributed by atoms with Crippen molar-refractivity contribution >= 4 is 43.9 Å². The molecular formula is C52H36N2. The Morgan fingerprint density at radius 1 is 0.333 bits per heavy atom. The molecule has 0 radical (unpaired) electrons. The smallest absolute Gasteiger partial charge is 0.135 e. The molecule has 9 aromatic rings. The van der Waals surface area contributed by atoms with Crippen molar-refractivity contribution in [2.24, 2.45) is 4.99 Å². The van der Waals surface area contributed by atoms with Gasteiger partial charge in [0.1, 0.15) is 5.84 Å². The van der Waals surface area contributed by atoms with Gasteiger partial charge in [-0.25, -0.2) is 4.99 Å². The summed E-state index contributed by atoms with van der Waals surface area (Å²) in [5, 5.41) is 11.3. The summed E-state index contributed by atoms with van der Waals surface area (Å²) in [4.78, 5) is 5.56. The van der Waals surface area contributed by atoms with Gasteiger partial charge in [0, 0.05) is 11.1 Å². The van der Waals surface area contributed by atoms with E-state index in [2.05, 4.69) is 212 Å². The lowest BCUT2D eigenvalue weighted by Crippen LogP contribution is -2.31. The number of benzene rings is 9. The fourth-order valence-corrected chi connectivity index (χ4v) is 8.22. The zero-order valence-electron chi connectivity index (χ0n) is 29.7. The lowest BCUT2D eigenvalue weighted by Gasteiger charge is -2.28. The Morgan fingerprint density at radius 2 is 0.759 bits per heavy atom. The van der Waals surface area contributed by atoms with E-state index in [4.69, 9.17) is 4.99 Å². The molecule has 1 unspecified atom stereocenters. The van der Waals surface area contributed by atoms with Gasteiger partial charge >= 0.3 is 0 Å². The molecule has 1 aliphatic heterocycles. The summed E-state index contributed by atoms with van der Waals surface area (Å²) < 4.78 is 0. The van der Waals surface area contributed by atoms with Crippen LogP contribution in [-0.4, -0.2) is 5.84 Å². The summed E-state index contributed by atoms with van der Waals surface area (Å²) in [6.07, 6.45) is 2.30. The first-order chi connectivity index (χ1) is 26.8. The highest BCUT2D eigenvalue weighted by Gasteiger charge is 2.25. The average Bonchev–Trinajstić information content (AvgIpc) is 3.26. The zero-order valence-corrected chi connectivity index (χ0v) is 29.7. The van der Waals surface area contributed by atoms with E-state index in [1.807, 2.05) is 0 Å². The molecule has 1 heterocycles. The van der Waals surface area contributed by atoms with Gasteiger partial charge in [-0.15, -0.1) is 0 Å². The minimum absolute atomic E-state index is 0.139. The average molecular weight is 689 g/mol. The molecule has 0 saturated heterocycles. The second kappa shape index (κ2) is 13.5. The number of hydrogen-bond acceptors (Lipinski definition) is 2. The predicted octanol–water partition coefficient (Wildman–Crippen LogP) is 13.3. The quantitative estimate of drug-likeness (QED) is 0.173. The second-order valence-electron chi connectivity index (χ2n) is 13.9. The third-order valence-corrected chi connectivity index (χ3v) is 10.7. The van der Waals surface area contributed by atoms with Crippen molar-refractivity contribution in [1.82, 2.24) is 5.32 Å². The standard InChI is InChI=1S/C52H36N2/c1-4-18-35(19-5-1)38-24-10-16-30-44(38)50-34-51(45-31-17-11-25-39(45)36-20-6-2-7-21-36)54-52(53-50)49-33-48-41-27-13-12-26-40(41)46(37-22-8-3-9-23-37)32-47(48)42-28-14-15-29-43(42)49/h1-34,50H,(H,53,54). The summed E-state index contributed by atoms with van der Waals surface area (Å²) in [6, 6.07) is 71.7. The minimum atomic E-state index is -0.139. The van der Waals surface area contributed by atoms with Crippen LogP contribution in [0.4, 0.5) is 0 Å². The van der Waals surface area contributed by atoms with E-state index in [-0.39, 0.29) is 6.04 Å². The topological polar surface area (TPSA) is 24.4 Å². The van der Waals surface area contributed by atoms with E-state index < -0.39 is 0 Å². The van der Waals surface area contributed by atoms with Gasteiger partial charge in [-0.05, 0) is 89.5 Å². The highest BCUT2D eigenvalue weighted by molar-refractivity contribution is 6.26. The number of nitrogens with one attached hydrogen (secondary N) is 1. The van der Waals surface area contributed by atoms with Crippen molar-refractivity contribution in [3.8, 4) is 33.4 Å². The molecule has 9 aromatic carbocycles. The summed E-state index contributed by atoms with van der Waals surface area (Å²) in [6.45, 7) is 0. The van der Waals surface area contributed by atoms with Crippen LogP contribution in [0.1, 0.15) is 22.7 Å². The van der Waals surface area contributed by atoms with Crippen LogP contribution in [-0.2, 0) is 0 Å². The molecule has 2 nitrogen and oxygen atoms in total. The Labute approximate surface area is 315 Å². The molecule has 0 bridgehead atoms. The molecule has 0 aromatic heterocycles. The van der Waals surface area contributed by atoms with Gasteiger partial charge in [-0.2, -0.15) is 0 Å². The second-order valence-corrected chi connectivity index (χ2v) is 13.9. The molecule has 1 N–H and O–H groups in total. The summed E-state index contributed by atoms with van der Waals surface area (Å²) in [5.74, 6) is 0.859. The Bertz CT molecular complexity index is 2890. The number of amidine groups is 1. The Morgan fingerprint density at radius 3 is 1.37 bits per heavy atom. The van der Waals surface area contributed by atoms with Crippen LogP contribution in [0.2, 0.25) is 0 Å². The van der Waals surface area contributed by atoms with E-state index >= 15 is 0 Å². The highest BCUT2D eigenvalue weighted by Crippen LogP contribution is 2.41. The number of hydrogen-bond donors (Lipinski definition) is 1. The molecule has 254 valence electrons. The lowest BCUT2D eigenvalue weighted by molar-refractivity contribution is 0.783. The van der Waals surface area contributed by atoms with Crippen LogP contribution in [0.15, 0.2) is 211 Å². The van der Waals surface area contributed by atoms with Crippen molar-refractivity contribution in [1.29, 1.82) is 0 Å². The fraction of sp³-hybridized carbons (Fsp3) is 0.0192. The SMILES string of the molecule is C1=C(c2ccccc2-c2ccccc2)N=C(c2cc3c4ccccc4c(-c4ccccc4)cc3c3ccccc23)NC1c1ccccc1-c1ccccc1. The molecule has 2 heteroatoms. The maximum Gasteiger partial charge on any atom is 0.135 e. The van der Waals surface area contributed by atoms with E-state index in [1.165, 1.54) is 65.7 Å². The fourth-order valence-electron chi connectivity index (χ4n) is 8.22. The van der Waals surface area contributed by atoms with Gasteiger partial charge in [0.25, 0.3) is 0 Å². The molecule has 0 saturated carbocycles. The van der Waals surface area contributed by atoms with E-state index in [0.717, 1.165) is 28.2 Å². The molecule has 1 atom stereocenters. The summed E-state index contributed by atoms with van der Waals surface area (Å²) in [7, 11) is 0. The molecule has 10 rings (SSSR count). The lowest BCUT2D eigenvalue weighted by atomic mass is 9.88. The van der Waals surface area contributed by atoms with Gasteiger partial charge in [0.05, 0.1) is 11.7 Å². The normalized spacial score (nSPS) is 14.1. The number of nitrogens with zero attached hydrogens (tertiary/aromatic N) is 1. The first kappa shape index (κ1) is 31.7. The van der Waals surface area contributed by atoms with Crippen LogP contribution in [0.5, 0.6) is 0 Å². The van der Waals surface area contributed by atoms with Gasteiger partial charge in [-0.3, -0.25) is 0 Å². The van der Waals surface area contributed by atoms with Gasteiger partial charge in [0.15, 0.2) is 0 Å². The van der Waals surface area contributed by atoms with Crippen molar-refractivity contribution in [3.05, 3.63) is 223 Å². The van der Waals surface area contributed by atoms with E-state index in [0.29, 0.717) is 0 Å². The van der Waals surface area contributed by atoms with Crippen molar-refractivity contribution in [2.75, 3.05) is 0 Å². The van der Waals surface area contributed by atoms with Crippen molar-refractivity contribution in [2.45, 2.75) is 6.04 Å². The van der Waals surface area contributed by atoms with Crippen molar-refractivity contribution in [3.63, 3.8) is 0 Å². The Balaban J connectivity index is 1.23. The number of rotatable bonds is 6. The van der Waals surface area contributed by atoms with Gasteiger partial charge in [0.2, 0.25) is 0 Å². The Kier molecular flexibility index (Phi) is 7.92. The molecule has 1 aliphatic rings. The number of fused-ring (bicyclic) bond motifs is 5. The Hall–Kier alpha value is -7.03. The van der Waals surface area contributed by atoms with Gasteiger partial charge in [-0.1, -0.05) is 188 Å². The first-order valence-electron chi connectivity index (χ1n) is 18.6. The maximum absolute atomic E-state index is 5.56.